The first-order valence-electron chi connectivity index (χ1n) is 8.09. The van der Waals surface area contributed by atoms with Crippen LogP contribution in [0.1, 0.15) is 28.8 Å². The third-order valence-corrected chi connectivity index (χ3v) is 5.30. The molecule has 1 aliphatic heterocycles. The highest BCUT2D eigenvalue weighted by Gasteiger charge is 2.28. The number of hydrogen-bond acceptors (Lipinski definition) is 2. The summed E-state index contributed by atoms with van der Waals surface area (Å²) in [5, 5.41) is 0. The van der Waals surface area contributed by atoms with E-state index in [0.29, 0.717) is 36.9 Å². The van der Waals surface area contributed by atoms with E-state index in [1.54, 1.807) is 6.07 Å². The van der Waals surface area contributed by atoms with Gasteiger partial charge in [-0.2, -0.15) is 0 Å². The number of carbonyl (C=O) groups is 1. The predicted molar refractivity (Wildman–Crippen MR) is 92.8 cm³/mol. The van der Waals surface area contributed by atoms with E-state index >= 15 is 0 Å². The Morgan fingerprint density at radius 2 is 1.68 bits per heavy atom. The molecule has 0 aliphatic carbocycles. The van der Waals surface area contributed by atoms with Crippen LogP contribution in [0.2, 0.25) is 0 Å². The molecule has 1 aliphatic rings. The number of halogens is 4. The van der Waals surface area contributed by atoms with E-state index in [2.05, 4.69) is 20.8 Å². The summed E-state index contributed by atoms with van der Waals surface area (Å²) >= 11 is 3.36. The molecule has 0 amide bonds. The molecule has 0 bridgehead atoms. The third-order valence-electron chi connectivity index (χ3n) is 4.56. The van der Waals surface area contributed by atoms with Crippen LogP contribution in [0.15, 0.2) is 40.9 Å². The van der Waals surface area contributed by atoms with Gasteiger partial charge < -0.3 is 0 Å². The van der Waals surface area contributed by atoms with Gasteiger partial charge in [-0.1, -0.05) is 22.0 Å². The standard InChI is InChI=1S/C19H17BrF3NO/c20-17-10-15(22)2-1-13(17)11-24-7-5-12(6-8-24)19(25)16-9-14(21)3-4-18(16)23/h1-4,9-10,12H,5-8,11H2. The van der Waals surface area contributed by atoms with Crippen LogP contribution in [-0.4, -0.2) is 23.8 Å². The normalized spacial score (nSPS) is 16.2. The van der Waals surface area contributed by atoms with E-state index in [4.69, 9.17) is 0 Å². The number of nitrogens with zero attached hydrogens (tertiary/aromatic N) is 1. The van der Waals surface area contributed by atoms with Crippen molar-refractivity contribution in [1.29, 1.82) is 0 Å². The summed E-state index contributed by atoms with van der Waals surface area (Å²) in [6, 6.07) is 7.55. The fraction of sp³-hybridized carbons (Fsp3) is 0.316. The van der Waals surface area contributed by atoms with Gasteiger partial charge in [-0.05, 0) is 61.8 Å². The van der Waals surface area contributed by atoms with Gasteiger partial charge in [-0.15, -0.1) is 0 Å². The molecule has 0 spiro atoms. The van der Waals surface area contributed by atoms with Crippen LogP contribution in [0.3, 0.4) is 0 Å². The quantitative estimate of drug-likeness (QED) is 0.662. The van der Waals surface area contributed by atoms with Crippen LogP contribution in [-0.2, 0) is 6.54 Å². The molecule has 2 aromatic rings. The SMILES string of the molecule is O=C(c1cc(F)ccc1F)C1CCN(Cc2ccc(F)cc2Br)CC1. The van der Waals surface area contributed by atoms with Gasteiger partial charge in [-0.25, -0.2) is 13.2 Å². The van der Waals surface area contributed by atoms with Gasteiger partial charge in [0.1, 0.15) is 17.5 Å². The van der Waals surface area contributed by atoms with Crippen molar-refractivity contribution in [1.82, 2.24) is 4.90 Å². The van der Waals surface area contributed by atoms with Crippen LogP contribution < -0.4 is 0 Å². The summed E-state index contributed by atoms with van der Waals surface area (Å²) in [4.78, 5) is 14.6. The minimum atomic E-state index is -0.677. The number of likely N-dealkylation sites (tertiary alicyclic amines) is 1. The van der Waals surface area contributed by atoms with Crippen LogP contribution >= 0.6 is 15.9 Å². The average molecular weight is 412 g/mol. The summed E-state index contributed by atoms with van der Waals surface area (Å²) < 4.78 is 40.9. The van der Waals surface area contributed by atoms with Crippen molar-refractivity contribution in [3.05, 3.63) is 69.4 Å². The first-order valence-corrected chi connectivity index (χ1v) is 8.89. The van der Waals surface area contributed by atoms with E-state index in [0.717, 1.165) is 23.8 Å². The van der Waals surface area contributed by atoms with Crippen molar-refractivity contribution >= 4 is 21.7 Å². The zero-order valence-electron chi connectivity index (χ0n) is 13.4. The number of benzene rings is 2. The van der Waals surface area contributed by atoms with Crippen molar-refractivity contribution in [3.8, 4) is 0 Å². The molecule has 1 fully saturated rings. The van der Waals surface area contributed by atoms with Crippen molar-refractivity contribution in [2.45, 2.75) is 19.4 Å². The maximum atomic E-state index is 13.8. The van der Waals surface area contributed by atoms with Gasteiger partial charge >= 0.3 is 0 Å². The molecule has 0 aromatic heterocycles. The molecule has 0 N–H and O–H groups in total. The minimum Gasteiger partial charge on any atom is -0.299 e. The summed E-state index contributed by atoms with van der Waals surface area (Å²) in [6.45, 7) is 2.00. The Balaban J connectivity index is 1.61. The lowest BCUT2D eigenvalue weighted by Gasteiger charge is -2.31. The molecular formula is C19H17BrF3NO. The lowest BCUT2D eigenvalue weighted by molar-refractivity contribution is 0.0830. The van der Waals surface area contributed by atoms with Crippen LogP contribution in [0.25, 0.3) is 0 Å². The zero-order valence-corrected chi connectivity index (χ0v) is 15.0. The molecule has 1 saturated heterocycles. The summed E-state index contributed by atoms with van der Waals surface area (Å²) in [5.74, 6) is -2.21. The summed E-state index contributed by atoms with van der Waals surface area (Å²) in [5.41, 5.74) is 0.807. The van der Waals surface area contributed by atoms with Crippen molar-refractivity contribution in [2.24, 2.45) is 5.92 Å². The molecule has 132 valence electrons. The molecule has 2 nitrogen and oxygen atoms in total. The monoisotopic (exact) mass is 411 g/mol. The van der Waals surface area contributed by atoms with Gasteiger partial charge in [-0.3, -0.25) is 9.69 Å². The smallest absolute Gasteiger partial charge is 0.169 e. The number of piperidine rings is 1. The Morgan fingerprint density at radius 1 is 1.04 bits per heavy atom. The second-order valence-corrected chi connectivity index (χ2v) is 7.13. The average Bonchev–Trinajstić information content (AvgIpc) is 2.59. The second kappa shape index (κ2) is 7.70. The number of carbonyl (C=O) groups excluding carboxylic acids is 1. The largest absolute Gasteiger partial charge is 0.299 e. The summed E-state index contributed by atoms with van der Waals surface area (Å²) in [7, 11) is 0. The maximum Gasteiger partial charge on any atom is 0.169 e. The Hall–Kier alpha value is -1.66. The Kier molecular flexibility index (Phi) is 5.59. The van der Waals surface area contributed by atoms with Crippen LogP contribution in [0.4, 0.5) is 13.2 Å². The number of Topliss-reactive ketones (excluding diaryl/α,β-unsaturated/α-hetero) is 1. The molecule has 25 heavy (non-hydrogen) atoms. The zero-order chi connectivity index (χ0) is 18.0. The first kappa shape index (κ1) is 18.1. The fourth-order valence-corrected chi connectivity index (χ4v) is 3.63. The van der Waals surface area contributed by atoms with Gasteiger partial charge in [0.05, 0.1) is 5.56 Å². The molecule has 2 aromatic carbocycles. The molecule has 6 heteroatoms. The lowest BCUT2D eigenvalue weighted by Crippen LogP contribution is -2.36. The molecule has 0 unspecified atom stereocenters. The van der Waals surface area contributed by atoms with Gasteiger partial charge in [0.25, 0.3) is 0 Å². The number of rotatable bonds is 4. The van der Waals surface area contributed by atoms with E-state index in [9.17, 15) is 18.0 Å². The highest BCUT2D eigenvalue weighted by atomic mass is 79.9. The van der Waals surface area contributed by atoms with E-state index < -0.39 is 11.6 Å². The second-order valence-electron chi connectivity index (χ2n) is 6.27. The highest BCUT2D eigenvalue weighted by Crippen LogP contribution is 2.26. The molecule has 0 atom stereocenters. The molecule has 0 radical (unpaired) electrons. The first-order chi connectivity index (χ1) is 11.9. The molecule has 3 rings (SSSR count). The fourth-order valence-electron chi connectivity index (χ4n) is 3.15. The molecule has 1 heterocycles. The summed E-state index contributed by atoms with van der Waals surface area (Å²) in [6.07, 6.45) is 1.18. The van der Waals surface area contributed by atoms with Crippen molar-refractivity contribution in [2.75, 3.05) is 13.1 Å². The number of hydrogen-bond donors (Lipinski definition) is 0. The third kappa shape index (κ3) is 4.30. The highest BCUT2D eigenvalue weighted by molar-refractivity contribution is 9.10. The predicted octanol–water partition coefficient (Wildman–Crippen LogP) is 4.96. The molecule has 0 saturated carbocycles. The maximum absolute atomic E-state index is 13.8. The Labute approximate surface area is 152 Å². The van der Waals surface area contributed by atoms with E-state index in [1.807, 2.05) is 0 Å². The van der Waals surface area contributed by atoms with E-state index in [-0.39, 0.29) is 23.1 Å². The topological polar surface area (TPSA) is 20.3 Å². The molecular weight excluding hydrogens is 395 g/mol. The Bertz CT molecular complexity index is 788. The van der Waals surface area contributed by atoms with Gasteiger partial charge in [0.15, 0.2) is 5.78 Å². The number of ketones is 1. The van der Waals surface area contributed by atoms with Crippen molar-refractivity contribution < 1.29 is 18.0 Å². The Morgan fingerprint density at radius 3 is 2.36 bits per heavy atom. The van der Waals surface area contributed by atoms with Crippen LogP contribution in [0, 0.1) is 23.4 Å². The van der Waals surface area contributed by atoms with Gasteiger partial charge in [0, 0.05) is 16.9 Å². The minimum absolute atomic E-state index is 0.167. The van der Waals surface area contributed by atoms with Gasteiger partial charge in [0.2, 0.25) is 0 Å². The van der Waals surface area contributed by atoms with E-state index in [1.165, 1.54) is 12.1 Å². The van der Waals surface area contributed by atoms with Crippen molar-refractivity contribution in [3.63, 3.8) is 0 Å². The van der Waals surface area contributed by atoms with Crippen LogP contribution in [0.5, 0.6) is 0 Å². The lowest BCUT2D eigenvalue weighted by atomic mass is 9.88.